The van der Waals surface area contributed by atoms with E-state index in [0.29, 0.717) is 12.1 Å². The smallest absolute Gasteiger partial charge is 0.0968 e. The van der Waals surface area contributed by atoms with E-state index in [0.717, 1.165) is 5.56 Å². The Kier molecular flexibility index (Phi) is 3.50. The summed E-state index contributed by atoms with van der Waals surface area (Å²) in [5.41, 5.74) is 15.1. The molecule has 2 N–H and O–H groups in total. The molecule has 0 aromatic heterocycles. The Labute approximate surface area is 81.4 Å². The topological polar surface area (TPSA) is 98.6 Å². The molecule has 1 aromatic rings. The van der Waals surface area contributed by atoms with Crippen molar-refractivity contribution in [3.05, 3.63) is 40.3 Å². The van der Waals surface area contributed by atoms with E-state index in [2.05, 4.69) is 10.0 Å². The molecule has 0 aliphatic rings. The van der Waals surface area contributed by atoms with Crippen LogP contribution in [0.4, 0.5) is 5.69 Å². The second-order valence-corrected chi connectivity index (χ2v) is 2.80. The molecule has 0 spiro atoms. The molecule has 0 fully saturated rings. The molecule has 0 saturated carbocycles. The predicted molar refractivity (Wildman–Crippen MR) is 52.5 cm³/mol. The zero-order chi connectivity index (χ0) is 10.4. The first kappa shape index (κ1) is 10.1. The van der Waals surface area contributed by atoms with Gasteiger partial charge in [0.05, 0.1) is 12.1 Å². The highest BCUT2D eigenvalue weighted by atomic mass is 15.1. The first-order chi connectivity index (χ1) is 6.76. The quantitative estimate of drug-likeness (QED) is 0.444. The van der Waals surface area contributed by atoms with Gasteiger partial charge in [-0.3, -0.25) is 0 Å². The van der Waals surface area contributed by atoms with Gasteiger partial charge in [-0.05, 0) is 11.1 Å². The Morgan fingerprint density at radius 2 is 2.14 bits per heavy atom. The normalized spacial score (nSPS) is 11.1. The van der Waals surface area contributed by atoms with E-state index in [-0.39, 0.29) is 0 Å². The average Bonchev–Trinajstić information content (AvgIpc) is 2.21. The van der Waals surface area contributed by atoms with Crippen LogP contribution in [0.2, 0.25) is 0 Å². The number of azide groups is 1. The van der Waals surface area contributed by atoms with Gasteiger partial charge in [0.25, 0.3) is 0 Å². The van der Waals surface area contributed by atoms with Crippen LogP contribution in [0.1, 0.15) is 5.56 Å². The maximum absolute atomic E-state index is 8.49. The molecule has 5 heteroatoms. The molecule has 14 heavy (non-hydrogen) atoms. The van der Waals surface area contributed by atoms with Gasteiger partial charge in [0.2, 0.25) is 0 Å². The van der Waals surface area contributed by atoms with E-state index in [4.69, 9.17) is 16.5 Å². The highest BCUT2D eigenvalue weighted by molar-refractivity contribution is 5.38. The van der Waals surface area contributed by atoms with Crippen molar-refractivity contribution in [3.63, 3.8) is 0 Å². The van der Waals surface area contributed by atoms with E-state index in [1.807, 2.05) is 6.07 Å². The largest absolute Gasteiger partial charge is 0.316 e. The fraction of sp³-hybridized carbons (Fsp3) is 0.222. The fourth-order valence-electron chi connectivity index (χ4n) is 1.05. The van der Waals surface area contributed by atoms with Gasteiger partial charge in [-0.2, -0.15) is 5.26 Å². The lowest BCUT2D eigenvalue weighted by Crippen LogP contribution is -2.19. The van der Waals surface area contributed by atoms with Gasteiger partial charge in [-0.15, -0.1) is 0 Å². The molecule has 1 aromatic carbocycles. The molecule has 1 atom stereocenters. The van der Waals surface area contributed by atoms with Crippen molar-refractivity contribution >= 4 is 5.69 Å². The predicted octanol–water partition coefficient (Wildman–Crippen LogP) is 2.02. The molecule has 0 aliphatic carbocycles. The van der Waals surface area contributed by atoms with Crippen LogP contribution in [-0.2, 0) is 6.42 Å². The van der Waals surface area contributed by atoms with Crippen LogP contribution in [0.25, 0.3) is 10.4 Å². The summed E-state index contributed by atoms with van der Waals surface area (Å²) in [4.78, 5) is 2.66. The lowest BCUT2D eigenvalue weighted by Gasteiger charge is -2.02. The van der Waals surface area contributed by atoms with Crippen LogP contribution in [-0.4, -0.2) is 6.04 Å². The maximum atomic E-state index is 8.49. The molecule has 0 unspecified atom stereocenters. The summed E-state index contributed by atoms with van der Waals surface area (Å²) in [7, 11) is 0. The van der Waals surface area contributed by atoms with Crippen LogP contribution in [0.5, 0.6) is 0 Å². The molecule has 0 amide bonds. The molecule has 0 bridgehead atoms. The Morgan fingerprint density at radius 3 is 2.64 bits per heavy atom. The molecule has 0 radical (unpaired) electrons. The second kappa shape index (κ2) is 4.87. The molecule has 0 aliphatic heterocycles. The Hall–Kier alpha value is -2.02. The van der Waals surface area contributed by atoms with Gasteiger partial charge in [0.15, 0.2) is 0 Å². The Balaban J connectivity index is 2.74. The SMILES string of the molecule is N#C[C@@H](N)Cc1ccc(N=[N+]=[N-])cc1. The van der Waals surface area contributed by atoms with Gasteiger partial charge < -0.3 is 5.73 Å². The molecular formula is C9H9N5. The third-order valence-electron chi connectivity index (χ3n) is 1.72. The van der Waals surface area contributed by atoms with Gasteiger partial charge in [-0.25, -0.2) is 0 Å². The van der Waals surface area contributed by atoms with Crippen LogP contribution in [0.15, 0.2) is 29.4 Å². The number of hydrogen-bond donors (Lipinski definition) is 1. The minimum Gasteiger partial charge on any atom is -0.316 e. The minimum atomic E-state index is -0.486. The van der Waals surface area contributed by atoms with Gasteiger partial charge in [-0.1, -0.05) is 29.4 Å². The highest BCUT2D eigenvalue weighted by Gasteiger charge is 2.01. The molecule has 0 heterocycles. The lowest BCUT2D eigenvalue weighted by molar-refractivity contribution is 0.823. The first-order valence-electron chi connectivity index (χ1n) is 4.05. The molecule has 70 valence electrons. The van der Waals surface area contributed by atoms with Crippen LogP contribution >= 0.6 is 0 Å². The maximum Gasteiger partial charge on any atom is 0.0968 e. The number of rotatable bonds is 3. The monoisotopic (exact) mass is 187 g/mol. The van der Waals surface area contributed by atoms with E-state index in [1.165, 1.54) is 0 Å². The summed E-state index contributed by atoms with van der Waals surface area (Å²) >= 11 is 0. The van der Waals surface area contributed by atoms with Crippen molar-refractivity contribution in [3.8, 4) is 6.07 Å². The zero-order valence-electron chi connectivity index (χ0n) is 7.46. The third-order valence-corrected chi connectivity index (χ3v) is 1.72. The number of nitrogens with two attached hydrogens (primary N) is 1. The molecule has 5 nitrogen and oxygen atoms in total. The van der Waals surface area contributed by atoms with Crippen molar-refractivity contribution in [2.75, 3.05) is 0 Å². The fourth-order valence-corrected chi connectivity index (χ4v) is 1.05. The van der Waals surface area contributed by atoms with Crippen LogP contribution < -0.4 is 5.73 Å². The molecule has 0 saturated heterocycles. The first-order valence-corrected chi connectivity index (χ1v) is 4.05. The second-order valence-electron chi connectivity index (χ2n) is 2.80. The van der Waals surface area contributed by atoms with E-state index in [9.17, 15) is 0 Å². The van der Waals surface area contributed by atoms with Crippen LogP contribution in [0.3, 0.4) is 0 Å². The summed E-state index contributed by atoms with van der Waals surface area (Å²) in [6.07, 6.45) is 0.507. The zero-order valence-corrected chi connectivity index (χ0v) is 7.46. The Morgan fingerprint density at radius 1 is 1.50 bits per heavy atom. The van der Waals surface area contributed by atoms with Gasteiger partial charge in [0.1, 0.15) is 0 Å². The minimum absolute atomic E-state index is 0.486. The summed E-state index contributed by atoms with van der Waals surface area (Å²) in [5, 5.41) is 11.9. The van der Waals surface area contributed by atoms with Crippen molar-refractivity contribution in [2.45, 2.75) is 12.5 Å². The number of nitriles is 1. The van der Waals surface area contributed by atoms with Crippen molar-refractivity contribution in [2.24, 2.45) is 10.8 Å². The number of benzene rings is 1. The average molecular weight is 187 g/mol. The van der Waals surface area contributed by atoms with Crippen molar-refractivity contribution < 1.29 is 0 Å². The summed E-state index contributed by atoms with van der Waals surface area (Å²) in [6, 6.07) is 8.44. The number of nitrogens with zero attached hydrogens (tertiary/aromatic N) is 4. The molecule has 1 rings (SSSR count). The summed E-state index contributed by atoms with van der Waals surface area (Å²) < 4.78 is 0. The summed E-state index contributed by atoms with van der Waals surface area (Å²) in [5.74, 6) is 0. The van der Waals surface area contributed by atoms with E-state index >= 15 is 0 Å². The van der Waals surface area contributed by atoms with Gasteiger partial charge in [0, 0.05) is 17.0 Å². The standard InChI is InChI=1S/C9H9N5/c10-6-8(11)5-7-1-3-9(4-2-7)13-14-12/h1-4,8H,5,11H2/t8-/m0/s1. The third kappa shape index (κ3) is 2.79. The van der Waals surface area contributed by atoms with E-state index in [1.54, 1.807) is 24.3 Å². The molecular weight excluding hydrogens is 178 g/mol. The highest BCUT2D eigenvalue weighted by Crippen LogP contribution is 2.13. The number of hydrogen-bond acceptors (Lipinski definition) is 3. The van der Waals surface area contributed by atoms with Crippen molar-refractivity contribution in [1.82, 2.24) is 0 Å². The summed E-state index contributed by atoms with van der Waals surface area (Å²) in [6.45, 7) is 0. The van der Waals surface area contributed by atoms with Gasteiger partial charge >= 0.3 is 0 Å². The van der Waals surface area contributed by atoms with E-state index < -0.39 is 6.04 Å². The lowest BCUT2D eigenvalue weighted by atomic mass is 10.1. The Bertz CT molecular complexity index is 383. The van der Waals surface area contributed by atoms with Crippen LogP contribution in [0, 0.1) is 11.3 Å². The van der Waals surface area contributed by atoms with Crippen molar-refractivity contribution in [1.29, 1.82) is 5.26 Å².